The monoisotopic (exact) mass is 319 g/mol. The molecule has 0 aliphatic heterocycles. The summed E-state index contributed by atoms with van der Waals surface area (Å²) < 4.78 is 63.5. The van der Waals surface area contributed by atoms with Gasteiger partial charge in [0, 0.05) is 11.8 Å². The molecule has 0 spiro atoms. The highest BCUT2D eigenvalue weighted by Gasteiger charge is 2.30. The molecule has 2 rings (SSSR count). The smallest absolute Gasteiger partial charge is 0.280 e. The number of rotatable bonds is 4. The minimum absolute atomic E-state index is 0.0896. The molecule has 5 nitrogen and oxygen atoms in total. The molecule has 0 aliphatic carbocycles. The fourth-order valence-electron chi connectivity index (χ4n) is 1.61. The van der Waals surface area contributed by atoms with E-state index >= 15 is 0 Å². The van der Waals surface area contributed by atoms with Crippen molar-refractivity contribution in [3.05, 3.63) is 41.6 Å². The van der Waals surface area contributed by atoms with Crippen molar-refractivity contribution in [1.82, 2.24) is 10.2 Å². The van der Waals surface area contributed by atoms with Crippen LogP contribution in [0.2, 0.25) is 0 Å². The van der Waals surface area contributed by atoms with E-state index < -0.39 is 21.8 Å². The van der Waals surface area contributed by atoms with Gasteiger partial charge in [0.25, 0.3) is 10.0 Å². The average Bonchev–Trinajstić information content (AvgIpc) is 2.85. The summed E-state index contributed by atoms with van der Waals surface area (Å²) in [4.78, 5) is -0.267. The number of H-pyrrole nitrogens is 1. The molecular formula is C12H12F3N3O2S. The van der Waals surface area contributed by atoms with Gasteiger partial charge in [-0.05, 0) is 30.7 Å². The molecular weight excluding hydrogens is 307 g/mol. The summed E-state index contributed by atoms with van der Waals surface area (Å²) in [5, 5.41) is 6.39. The Bertz CT molecular complexity index is 721. The van der Waals surface area contributed by atoms with Gasteiger partial charge in [-0.25, -0.2) is 8.42 Å². The van der Waals surface area contributed by atoms with Crippen LogP contribution >= 0.6 is 0 Å². The van der Waals surface area contributed by atoms with E-state index in [1.807, 2.05) is 6.92 Å². The van der Waals surface area contributed by atoms with Crippen LogP contribution in [0.1, 0.15) is 18.2 Å². The minimum Gasteiger partial charge on any atom is -0.280 e. The Hall–Kier alpha value is -2.03. The summed E-state index contributed by atoms with van der Waals surface area (Å²) >= 11 is 0. The quantitative estimate of drug-likeness (QED) is 0.910. The first-order valence-electron chi connectivity index (χ1n) is 5.97. The first-order valence-corrected chi connectivity index (χ1v) is 7.45. The van der Waals surface area contributed by atoms with E-state index in [1.54, 1.807) is 0 Å². The molecule has 9 heteroatoms. The lowest BCUT2D eigenvalue weighted by molar-refractivity contribution is -0.137. The molecule has 0 fully saturated rings. The van der Waals surface area contributed by atoms with E-state index in [4.69, 9.17) is 0 Å². The SMILES string of the molecule is CCc1cc(NS(=O)(=O)c2ccc(C(F)(F)F)cc2)n[nH]1. The van der Waals surface area contributed by atoms with Gasteiger partial charge >= 0.3 is 6.18 Å². The third-order valence-electron chi connectivity index (χ3n) is 2.74. The van der Waals surface area contributed by atoms with Crippen LogP contribution in [-0.2, 0) is 22.6 Å². The third kappa shape index (κ3) is 3.54. The Morgan fingerprint density at radius 2 is 1.86 bits per heavy atom. The number of aromatic nitrogens is 2. The topological polar surface area (TPSA) is 74.8 Å². The summed E-state index contributed by atoms with van der Waals surface area (Å²) in [7, 11) is -3.97. The fraction of sp³-hybridized carbons (Fsp3) is 0.250. The van der Waals surface area contributed by atoms with Crippen LogP contribution in [0.25, 0.3) is 0 Å². The number of benzene rings is 1. The maximum absolute atomic E-state index is 12.4. The Morgan fingerprint density at radius 1 is 1.24 bits per heavy atom. The highest BCUT2D eigenvalue weighted by atomic mass is 32.2. The van der Waals surface area contributed by atoms with Crippen LogP contribution in [0.4, 0.5) is 19.0 Å². The number of sulfonamides is 1. The van der Waals surface area contributed by atoms with Gasteiger partial charge in [-0.3, -0.25) is 9.82 Å². The van der Waals surface area contributed by atoms with Crippen LogP contribution in [0.5, 0.6) is 0 Å². The second-order valence-electron chi connectivity index (χ2n) is 4.26. The molecule has 2 aromatic rings. The second kappa shape index (κ2) is 5.40. The van der Waals surface area contributed by atoms with E-state index in [-0.39, 0.29) is 10.7 Å². The van der Waals surface area contributed by atoms with Crippen molar-refractivity contribution in [1.29, 1.82) is 0 Å². The van der Waals surface area contributed by atoms with Gasteiger partial charge in [-0.1, -0.05) is 6.92 Å². The highest BCUT2D eigenvalue weighted by molar-refractivity contribution is 7.92. The number of nitrogens with zero attached hydrogens (tertiary/aromatic N) is 1. The second-order valence-corrected chi connectivity index (χ2v) is 5.94. The number of halogens is 3. The lowest BCUT2D eigenvalue weighted by Gasteiger charge is -2.08. The van der Waals surface area contributed by atoms with Crippen LogP contribution in [0.15, 0.2) is 35.2 Å². The number of nitrogens with one attached hydrogen (secondary N) is 2. The van der Waals surface area contributed by atoms with Gasteiger partial charge in [-0.2, -0.15) is 18.3 Å². The predicted molar refractivity (Wildman–Crippen MR) is 70.2 cm³/mol. The van der Waals surface area contributed by atoms with E-state index in [0.717, 1.165) is 30.0 Å². The van der Waals surface area contributed by atoms with Crippen LogP contribution in [-0.4, -0.2) is 18.6 Å². The molecule has 1 heterocycles. The van der Waals surface area contributed by atoms with Crippen molar-refractivity contribution < 1.29 is 21.6 Å². The number of hydrogen-bond acceptors (Lipinski definition) is 3. The Morgan fingerprint density at radius 3 is 2.33 bits per heavy atom. The molecule has 0 bridgehead atoms. The zero-order valence-electron chi connectivity index (χ0n) is 10.9. The van der Waals surface area contributed by atoms with Gasteiger partial charge < -0.3 is 0 Å². The van der Waals surface area contributed by atoms with Gasteiger partial charge in [-0.15, -0.1) is 0 Å². The van der Waals surface area contributed by atoms with Crippen LogP contribution in [0.3, 0.4) is 0 Å². The summed E-state index contributed by atoms with van der Waals surface area (Å²) in [5.74, 6) is 0.0896. The van der Waals surface area contributed by atoms with Crippen molar-refractivity contribution in [3.63, 3.8) is 0 Å². The molecule has 0 aliphatic rings. The van der Waals surface area contributed by atoms with Gasteiger partial charge in [0.15, 0.2) is 5.82 Å². The standard InChI is InChI=1S/C12H12F3N3O2S/c1-2-9-7-11(17-16-9)18-21(19,20)10-5-3-8(4-6-10)12(13,14)15/h3-7H,2H2,1H3,(H2,16,17,18). The van der Waals surface area contributed by atoms with E-state index in [0.29, 0.717) is 6.42 Å². The normalized spacial score (nSPS) is 12.4. The molecule has 0 unspecified atom stereocenters. The summed E-state index contributed by atoms with van der Waals surface area (Å²) in [5.41, 5.74) is -0.172. The van der Waals surface area contributed by atoms with Crippen molar-refractivity contribution >= 4 is 15.8 Å². The summed E-state index contributed by atoms with van der Waals surface area (Å²) in [6, 6.07) is 4.76. The first-order chi connectivity index (χ1) is 9.72. The largest absolute Gasteiger partial charge is 0.416 e. The average molecular weight is 319 g/mol. The zero-order valence-corrected chi connectivity index (χ0v) is 11.7. The molecule has 1 aromatic carbocycles. The van der Waals surface area contributed by atoms with Crippen molar-refractivity contribution in [2.24, 2.45) is 0 Å². The Labute approximate surface area is 119 Å². The number of aromatic amines is 1. The summed E-state index contributed by atoms with van der Waals surface area (Å²) in [6.45, 7) is 1.86. The lowest BCUT2D eigenvalue weighted by Crippen LogP contribution is -2.14. The Balaban J connectivity index is 2.23. The minimum atomic E-state index is -4.51. The number of hydrogen-bond donors (Lipinski definition) is 2. The van der Waals surface area contributed by atoms with Crippen LogP contribution in [0, 0.1) is 0 Å². The van der Waals surface area contributed by atoms with Gasteiger partial charge in [0.1, 0.15) is 0 Å². The number of alkyl halides is 3. The molecule has 0 atom stereocenters. The van der Waals surface area contributed by atoms with Crippen molar-refractivity contribution in [3.8, 4) is 0 Å². The number of anilines is 1. The number of aryl methyl sites for hydroxylation is 1. The van der Waals surface area contributed by atoms with Crippen molar-refractivity contribution in [2.45, 2.75) is 24.4 Å². The van der Waals surface area contributed by atoms with Crippen LogP contribution < -0.4 is 4.72 Å². The first kappa shape index (κ1) is 15.4. The maximum Gasteiger partial charge on any atom is 0.416 e. The molecule has 2 N–H and O–H groups in total. The van der Waals surface area contributed by atoms with E-state index in [2.05, 4.69) is 14.9 Å². The molecule has 0 radical (unpaired) electrons. The predicted octanol–water partition coefficient (Wildman–Crippen LogP) is 2.79. The molecule has 0 saturated heterocycles. The third-order valence-corrected chi connectivity index (χ3v) is 4.11. The summed E-state index contributed by atoms with van der Waals surface area (Å²) in [6.07, 6.45) is -3.86. The molecule has 21 heavy (non-hydrogen) atoms. The van der Waals surface area contributed by atoms with Gasteiger partial charge in [0.2, 0.25) is 0 Å². The molecule has 1 aromatic heterocycles. The highest BCUT2D eigenvalue weighted by Crippen LogP contribution is 2.29. The molecule has 114 valence electrons. The zero-order chi connectivity index (χ0) is 15.7. The van der Waals surface area contributed by atoms with E-state index in [1.165, 1.54) is 6.07 Å². The molecule has 0 amide bonds. The van der Waals surface area contributed by atoms with Crippen molar-refractivity contribution in [2.75, 3.05) is 4.72 Å². The van der Waals surface area contributed by atoms with E-state index in [9.17, 15) is 21.6 Å². The Kier molecular flexibility index (Phi) is 3.95. The fourth-order valence-corrected chi connectivity index (χ4v) is 2.61. The van der Waals surface area contributed by atoms with Gasteiger partial charge in [0.05, 0.1) is 10.5 Å². The maximum atomic E-state index is 12.4. The lowest BCUT2D eigenvalue weighted by atomic mass is 10.2. The molecule has 0 saturated carbocycles.